The van der Waals surface area contributed by atoms with Crippen molar-refractivity contribution in [3.05, 3.63) is 48.7 Å². The number of nitrogens with zero attached hydrogens (tertiary/aromatic N) is 2. The van der Waals surface area contributed by atoms with E-state index in [0.717, 1.165) is 36.3 Å². The van der Waals surface area contributed by atoms with Crippen LogP contribution in [0.25, 0.3) is 0 Å². The van der Waals surface area contributed by atoms with E-state index in [1.165, 1.54) is 12.8 Å². The number of hydrogen-bond donors (Lipinski definition) is 1. The van der Waals surface area contributed by atoms with E-state index >= 15 is 0 Å². The molecule has 1 atom stereocenters. The SMILES string of the molecule is CC1CCN(c2ccccn2)CC1.Cl.Cl.NCC1COc2ccccc2O1. The van der Waals surface area contributed by atoms with Crippen LogP contribution in [0.1, 0.15) is 19.8 Å². The maximum absolute atomic E-state index is 5.53. The molecule has 3 heterocycles. The lowest BCUT2D eigenvalue weighted by atomic mass is 9.99. The molecule has 0 bridgehead atoms. The van der Waals surface area contributed by atoms with Gasteiger partial charge in [-0.2, -0.15) is 0 Å². The van der Waals surface area contributed by atoms with Gasteiger partial charge in [0.25, 0.3) is 0 Å². The zero-order valence-electron chi connectivity index (χ0n) is 15.6. The second-order valence-corrected chi connectivity index (χ2v) is 6.59. The predicted octanol–water partition coefficient (Wildman–Crippen LogP) is 3.95. The number of halogens is 2. The molecule has 7 heteroatoms. The van der Waals surface area contributed by atoms with Gasteiger partial charge in [-0.1, -0.05) is 25.1 Å². The van der Waals surface area contributed by atoms with Crippen molar-refractivity contribution >= 4 is 30.6 Å². The molecule has 0 saturated carbocycles. The van der Waals surface area contributed by atoms with Gasteiger partial charge in [0.05, 0.1) is 0 Å². The molecule has 4 rings (SSSR count). The average Bonchev–Trinajstić information content (AvgIpc) is 2.69. The van der Waals surface area contributed by atoms with Crippen LogP contribution >= 0.6 is 24.8 Å². The lowest BCUT2D eigenvalue weighted by Gasteiger charge is -2.31. The van der Waals surface area contributed by atoms with E-state index in [9.17, 15) is 0 Å². The quantitative estimate of drug-likeness (QED) is 0.807. The van der Waals surface area contributed by atoms with Crippen molar-refractivity contribution in [2.75, 3.05) is 31.1 Å². The van der Waals surface area contributed by atoms with Crippen LogP contribution in [0.5, 0.6) is 11.5 Å². The zero-order valence-corrected chi connectivity index (χ0v) is 17.3. The summed E-state index contributed by atoms with van der Waals surface area (Å²) in [4.78, 5) is 6.73. The Morgan fingerprint density at radius 3 is 2.33 bits per heavy atom. The number of benzene rings is 1. The van der Waals surface area contributed by atoms with Gasteiger partial charge in [-0.25, -0.2) is 4.98 Å². The minimum Gasteiger partial charge on any atom is -0.486 e. The van der Waals surface area contributed by atoms with Gasteiger partial charge in [0.15, 0.2) is 11.5 Å². The number of hydrogen-bond acceptors (Lipinski definition) is 5. The van der Waals surface area contributed by atoms with Crippen LogP contribution in [-0.4, -0.2) is 37.3 Å². The Kier molecular flexibility index (Phi) is 10.3. The van der Waals surface area contributed by atoms with Crippen LogP contribution < -0.4 is 20.1 Å². The van der Waals surface area contributed by atoms with E-state index in [-0.39, 0.29) is 30.9 Å². The molecule has 0 aliphatic carbocycles. The van der Waals surface area contributed by atoms with Crippen molar-refractivity contribution in [2.45, 2.75) is 25.9 Å². The van der Waals surface area contributed by atoms with E-state index in [1.54, 1.807) is 0 Å². The monoisotopic (exact) mass is 413 g/mol. The normalized spacial score (nSPS) is 18.3. The molecule has 1 saturated heterocycles. The molecule has 27 heavy (non-hydrogen) atoms. The fourth-order valence-corrected chi connectivity index (χ4v) is 2.96. The summed E-state index contributed by atoms with van der Waals surface area (Å²) in [5.74, 6) is 3.62. The molecule has 2 aliphatic rings. The predicted molar refractivity (Wildman–Crippen MR) is 115 cm³/mol. The first-order valence-electron chi connectivity index (χ1n) is 9.01. The molecule has 2 aromatic rings. The molecule has 0 radical (unpaired) electrons. The van der Waals surface area contributed by atoms with Gasteiger partial charge < -0.3 is 20.1 Å². The standard InChI is InChI=1S/C11H16N2.C9H11NO2.2ClH/c1-10-5-8-13(9-6-10)11-4-2-3-7-12-11;10-5-7-6-11-8-3-1-2-4-9(8)12-7;;/h2-4,7,10H,5-6,8-9H2,1H3;1-4,7H,5-6,10H2;2*1H. The van der Waals surface area contributed by atoms with Gasteiger partial charge in [-0.3, -0.25) is 0 Å². The summed E-state index contributed by atoms with van der Waals surface area (Å²) in [7, 11) is 0. The number of para-hydroxylation sites is 2. The molecule has 1 aromatic carbocycles. The van der Waals surface area contributed by atoms with Gasteiger partial charge in [0.1, 0.15) is 18.5 Å². The highest BCUT2D eigenvalue weighted by Gasteiger charge is 2.18. The van der Waals surface area contributed by atoms with Gasteiger partial charge in [-0.05, 0) is 43.0 Å². The number of rotatable bonds is 2. The third-order valence-corrected chi connectivity index (χ3v) is 4.59. The van der Waals surface area contributed by atoms with E-state index in [4.69, 9.17) is 15.2 Å². The summed E-state index contributed by atoms with van der Waals surface area (Å²) in [5, 5.41) is 0. The number of pyridine rings is 1. The Balaban J connectivity index is 0.000000252. The number of aromatic nitrogens is 1. The number of anilines is 1. The highest BCUT2D eigenvalue weighted by molar-refractivity contribution is 5.85. The van der Waals surface area contributed by atoms with E-state index < -0.39 is 0 Å². The lowest BCUT2D eigenvalue weighted by Crippen LogP contribution is -2.35. The van der Waals surface area contributed by atoms with Crippen molar-refractivity contribution in [1.82, 2.24) is 4.98 Å². The van der Waals surface area contributed by atoms with Crippen LogP contribution in [0.2, 0.25) is 0 Å². The Morgan fingerprint density at radius 2 is 1.70 bits per heavy atom. The van der Waals surface area contributed by atoms with Crippen molar-refractivity contribution < 1.29 is 9.47 Å². The molecular formula is C20H29Cl2N3O2. The van der Waals surface area contributed by atoms with Crippen LogP contribution in [0.15, 0.2) is 48.7 Å². The van der Waals surface area contributed by atoms with Crippen molar-refractivity contribution in [3.63, 3.8) is 0 Å². The minimum absolute atomic E-state index is 0. The first-order valence-corrected chi connectivity index (χ1v) is 9.01. The Hall–Kier alpha value is -1.69. The summed E-state index contributed by atoms with van der Waals surface area (Å²) in [6.45, 7) is 5.70. The number of fused-ring (bicyclic) bond motifs is 1. The molecule has 5 nitrogen and oxygen atoms in total. The first-order chi connectivity index (χ1) is 12.3. The fraction of sp³-hybridized carbons (Fsp3) is 0.450. The van der Waals surface area contributed by atoms with Gasteiger partial charge in [-0.15, -0.1) is 24.8 Å². The molecule has 2 aliphatic heterocycles. The highest BCUT2D eigenvalue weighted by Crippen LogP contribution is 2.30. The van der Waals surface area contributed by atoms with Crippen molar-refractivity contribution in [1.29, 1.82) is 0 Å². The topological polar surface area (TPSA) is 60.6 Å². The maximum Gasteiger partial charge on any atom is 0.161 e. The summed E-state index contributed by atoms with van der Waals surface area (Å²) < 4.78 is 11.0. The van der Waals surface area contributed by atoms with Crippen LogP contribution in [0.3, 0.4) is 0 Å². The molecule has 1 unspecified atom stereocenters. The molecule has 0 spiro atoms. The molecule has 1 fully saturated rings. The minimum atomic E-state index is -0.0000926. The molecule has 1 aromatic heterocycles. The third kappa shape index (κ3) is 6.76. The van der Waals surface area contributed by atoms with Gasteiger partial charge in [0.2, 0.25) is 0 Å². The number of nitrogens with two attached hydrogens (primary N) is 1. The molecule has 2 N–H and O–H groups in total. The number of piperidine rings is 1. The highest BCUT2D eigenvalue weighted by atomic mass is 35.5. The smallest absolute Gasteiger partial charge is 0.161 e. The lowest BCUT2D eigenvalue weighted by molar-refractivity contribution is 0.0969. The van der Waals surface area contributed by atoms with Crippen LogP contribution in [-0.2, 0) is 0 Å². The molecular weight excluding hydrogens is 385 g/mol. The van der Waals surface area contributed by atoms with E-state index in [1.807, 2.05) is 36.5 Å². The van der Waals surface area contributed by atoms with Crippen molar-refractivity contribution in [3.8, 4) is 11.5 Å². The first kappa shape index (κ1) is 23.3. The van der Waals surface area contributed by atoms with Gasteiger partial charge in [0, 0.05) is 25.8 Å². The number of ether oxygens (including phenoxy) is 2. The van der Waals surface area contributed by atoms with E-state index in [2.05, 4.69) is 28.9 Å². The van der Waals surface area contributed by atoms with E-state index in [0.29, 0.717) is 13.2 Å². The Bertz CT molecular complexity index is 653. The Labute approximate surface area is 174 Å². The van der Waals surface area contributed by atoms with Crippen LogP contribution in [0, 0.1) is 5.92 Å². The Morgan fingerprint density at radius 1 is 1.04 bits per heavy atom. The largest absolute Gasteiger partial charge is 0.486 e. The fourth-order valence-electron chi connectivity index (χ4n) is 2.96. The summed E-state index contributed by atoms with van der Waals surface area (Å²) in [5.41, 5.74) is 5.46. The summed E-state index contributed by atoms with van der Waals surface area (Å²) >= 11 is 0. The zero-order chi connectivity index (χ0) is 17.5. The average molecular weight is 414 g/mol. The third-order valence-electron chi connectivity index (χ3n) is 4.59. The molecule has 150 valence electrons. The molecule has 0 amide bonds. The summed E-state index contributed by atoms with van der Waals surface area (Å²) in [6, 6.07) is 13.7. The van der Waals surface area contributed by atoms with Crippen LogP contribution in [0.4, 0.5) is 5.82 Å². The maximum atomic E-state index is 5.53. The summed E-state index contributed by atoms with van der Waals surface area (Å²) in [6.07, 6.45) is 4.47. The second kappa shape index (κ2) is 11.9. The van der Waals surface area contributed by atoms with Crippen molar-refractivity contribution in [2.24, 2.45) is 11.7 Å². The second-order valence-electron chi connectivity index (χ2n) is 6.59. The van der Waals surface area contributed by atoms with Gasteiger partial charge >= 0.3 is 0 Å².